The highest BCUT2D eigenvalue weighted by Gasteiger charge is 2.03. The van der Waals surface area contributed by atoms with Gasteiger partial charge in [-0.25, -0.2) is 9.48 Å². The van der Waals surface area contributed by atoms with Crippen LogP contribution >= 0.6 is 31.9 Å². The number of hydrogen-bond acceptors (Lipinski definition) is 3. The van der Waals surface area contributed by atoms with E-state index >= 15 is 0 Å². The molecule has 0 fully saturated rings. The van der Waals surface area contributed by atoms with Gasteiger partial charge in [0.25, 0.3) is 5.56 Å². The molecule has 0 saturated carbocycles. The Kier molecular flexibility index (Phi) is 4.13. The fourth-order valence-electron chi connectivity index (χ4n) is 1.45. The zero-order valence-corrected chi connectivity index (χ0v) is 12.4. The number of halogens is 2. The summed E-state index contributed by atoms with van der Waals surface area (Å²) < 4.78 is 2.35. The Hall–Kier alpha value is -1.21. The van der Waals surface area contributed by atoms with Gasteiger partial charge < -0.3 is 0 Å². The first kappa shape index (κ1) is 13.2. The van der Waals surface area contributed by atoms with Gasteiger partial charge in [0.15, 0.2) is 4.60 Å². The normalized spacial score (nSPS) is 10.6. The van der Waals surface area contributed by atoms with Gasteiger partial charge in [-0.2, -0.15) is 5.10 Å². The fourth-order valence-corrected chi connectivity index (χ4v) is 2.00. The van der Waals surface area contributed by atoms with Crippen LogP contribution in [0.4, 0.5) is 0 Å². The maximum Gasteiger partial charge on any atom is 0.344 e. The first-order valence-corrected chi connectivity index (χ1v) is 6.76. The second kappa shape index (κ2) is 5.62. The largest absolute Gasteiger partial charge is 0.344 e. The average Bonchev–Trinajstić information content (AvgIpc) is 2.34. The Balaban J connectivity index is 2.15. The molecule has 5 nitrogen and oxygen atoms in total. The second-order valence-corrected chi connectivity index (χ2v) is 5.32. The quantitative estimate of drug-likeness (QED) is 0.888. The Morgan fingerprint density at radius 2 is 1.83 bits per heavy atom. The molecule has 0 unspecified atom stereocenters. The fraction of sp³-hybridized carbons (Fsp3) is 0.182. The molecule has 2 aromatic rings. The van der Waals surface area contributed by atoms with Gasteiger partial charge in [-0.05, 0) is 40.0 Å². The highest BCUT2D eigenvalue weighted by Crippen LogP contribution is 2.11. The Morgan fingerprint density at radius 3 is 2.50 bits per heavy atom. The van der Waals surface area contributed by atoms with Crippen LogP contribution in [-0.2, 0) is 13.0 Å². The molecule has 1 aromatic carbocycles. The van der Waals surface area contributed by atoms with E-state index in [2.05, 4.69) is 41.9 Å². The van der Waals surface area contributed by atoms with E-state index in [0.717, 1.165) is 10.0 Å². The number of H-pyrrole nitrogens is 1. The van der Waals surface area contributed by atoms with Crippen molar-refractivity contribution in [2.45, 2.75) is 13.0 Å². The molecule has 94 valence electrons. The SMILES string of the molecule is O=c1[nH]c(=O)n(CCc2ccc(Br)cc2)nc1Br. The van der Waals surface area contributed by atoms with Crippen molar-refractivity contribution in [3.05, 3.63) is 59.7 Å². The van der Waals surface area contributed by atoms with Crippen LogP contribution in [0, 0.1) is 0 Å². The van der Waals surface area contributed by atoms with Gasteiger partial charge in [0.2, 0.25) is 0 Å². The summed E-state index contributed by atoms with van der Waals surface area (Å²) in [7, 11) is 0. The number of aromatic nitrogens is 3. The minimum absolute atomic E-state index is 0.109. The van der Waals surface area contributed by atoms with E-state index in [0.29, 0.717) is 13.0 Å². The van der Waals surface area contributed by atoms with Gasteiger partial charge in [-0.15, -0.1) is 0 Å². The van der Waals surface area contributed by atoms with Crippen LogP contribution < -0.4 is 11.2 Å². The van der Waals surface area contributed by atoms with Crippen LogP contribution in [0.2, 0.25) is 0 Å². The van der Waals surface area contributed by atoms with Crippen molar-refractivity contribution in [2.24, 2.45) is 0 Å². The third-order valence-corrected chi connectivity index (χ3v) is 3.42. The minimum atomic E-state index is -0.514. The van der Waals surface area contributed by atoms with Crippen LogP contribution in [0.15, 0.2) is 42.9 Å². The first-order valence-electron chi connectivity index (χ1n) is 5.17. The van der Waals surface area contributed by atoms with E-state index in [4.69, 9.17) is 0 Å². The summed E-state index contributed by atoms with van der Waals surface area (Å²) in [5.74, 6) is 0. The Morgan fingerprint density at radius 1 is 1.17 bits per heavy atom. The summed E-state index contributed by atoms with van der Waals surface area (Å²) in [6.45, 7) is 0.413. The van der Waals surface area contributed by atoms with Gasteiger partial charge in [0.1, 0.15) is 0 Å². The second-order valence-electron chi connectivity index (χ2n) is 3.65. The monoisotopic (exact) mass is 373 g/mol. The lowest BCUT2D eigenvalue weighted by Gasteiger charge is -2.04. The molecule has 0 aliphatic rings. The zero-order valence-electron chi connectivity index (χ0n) is 9.19. The summed E-state index contributed by atoms with van der Waals surface area (Å²) in [5.41, 5.74) is 0.0782. The number of aromatic amines is 1. The Labute approximate surface area is 119 Å². The summed E-state index contributed by atoms with van der Waals surface area (Å²) in [6.07, 6.45) is 0.665. The third-order valence-electron chi connectivity index (χ3n) is 2.38. The predicted octanol–water partition coefficient (Wildman–Crippen LogP) is 1.70. The smallest absolute Gasteiger partial charge is 0.270 e. The van der Waals surface area contributed by atoms with Crippen LogP contribution in [0.3, 0.4) is 0 Å². The topological polar surface area (TPSA) is 67.8 Å². The number of rotatable bonds is 3. The molecule has 1 N–H and O–H groups in total. The van der Waals surface area contributed by atoms with Crippen molar-refractivity contribution >= 4 is 31.9 Å². The van der Waals surface area contributed by atoms with Crippen molar-refractivity contribution in [3.63, 3.8) is 0 Å². The molecule has 0 bridgehead atoms. The Bertz CT molecular complexity index is 661. The van der Waals surface area contributed by atoms with Crippen LogP contribution in [-0.4, -0.2) is 14.8 Å². The predicted molar refractivity (Wildman–Crippen MR) is 74.7 cm³/mol. The molecule has 0 aliphatic heterocycles. The van der Waals surface area contributed by atoms with E-state index < -0.39 is 11.2 Å². The van der Waals surface area contributed by atoms with Crippen molar-refractivity contribution in [1.29, 1.82) is 0 Å². The summed E-state index contributed by atoms with van der Waals surface area (Å²) in [6, 6.07) is 7.81. The lowest BCUT2D eigenvalue weighted by molar-refractivity contribution is 0.548. The number of hydrogen-bond donors (Lipinski definition) is 1. The van der Waals surface area contributed by atoms with Crippen molar-refractivity contribution in [1.82, 2.24) is 14.8 Å². The molecule has 1 heterocycles. The van der Waals surface area contributed by atoms with E-state index in [1.807, 2.05) is 24.3 Å². The molecule has 7 heteroatoms. The van der Waals surface area contributed by atoms with Gasteiger partial charge in [-0.3, -0.25) is 9.78 Å². The molecule has 0 radical (unpaired) electrons. The van der Waals surface area contributed by atoms with Crippen molar-refractivity contribution in [3.8, 4) is 0 Å². The van der Waals surface area contributed by atoms with Crippen LogP contribution in [0.25, 0.3) is 0 Å². The maximum absolute atomic E-state index is 11.5. The summed E-state index contributed by atoms with van der Waals surface area (Å²) >= 11 is 6.35. The molecule has 18 heavy (non-hydrogen) atoms. The summed E-state index contributed by atoms with van der Waals surface area (Å²) in [4.78, 5) is 24.8. The summed E-state index contributed by atoms with van der Waals surface area (Å²) in [5, 5.41) is 3.87. The zero-order chi connectivity index (χ0) is 13.1. The maximum atomic E-state index is 11.5. The average molecular weight is 375 g/mol. The van der Waals surface area contributed by atoms with Crippen molar-refractivity contribution < 1.29 is 0 Å². The lowest BCUT2D eigenvalue weighted by Crippen LogP contribution is -2.33. The minimum Gasteiger partial charge on any atom is -0.270 e. The van der Waals surface area contributed by atoms with Gasteiger partial charge in [0, 0.05) is 4.47 Å². The molecule has 0 atom stereocenters. The highest BCUT2D eigenvalue weighted by molar-refractivity contribution is 9.10. The molecule has 0 saturated heterocycles. The number of nitrogens with zero attached hydrogens (tertiary/aromatic N) is 2. The third kappa shape index (κ3) is 3.17. The number of aryl methyl sites for hydroxylation is 2. The number of benzene rings is 1. The van der Waals surface area contributed by atoms with Gasteiger partial charge in [-0.1, -0.05) is 28.1 Å². The first-order chi connectivity index (χ1) is 8.56. The molecular weight excluding hydrogens is 366 g/mol. The lowest BCUT2D eigenvalue weighted by atomic mass is 10.1. The molecule has 0 amide bonds. The van der Waals surface area contributed by atoms with E-state index in [1.54, 1.807) is 0 Å². The van der Waals surface area contributed by atoms with Crippen molar-refractivity contribution in [2.75, 3.05) is 0 Å². The highest BCUT2D eigenvalue weighted by atomic mass is 79.9. The molecule has 2 rings (SSSR count). The van der Waals surface area contributed by atoms with Gasteiger partial charge in [0.05, 0.1) is 6.54 Å². The van der Waals surface area contributed by atoms with E-state index in [9.17, 15) is 9.59 Å². The standard InChI is InChI=1S/C11H9Br2N3O2/c12-8-3-1-7(2-4-8)5-6-16-11(18)14-10(17)9(13)15-16/h1-4H,5-6H2,(H,14,17,18). The number of nitrogens with one attached hydrogen (secondary N) is 1. The van der Waals surface area contributed by atoms with Crippen LogP contribution in [0.1, 0.15) is 5.56 Å². The van der Waals surface area contributed by atoms with Gasteiger partial charge >= 0.3 is 5.69 Å². The molecular formula is C11H9Br2N3O2. The molecule has 0 spiro atoms. The van der Waals surface area contributed by atoms with E-state index in [1.165, 1.54) is 4.68 Å². The van der Waals surface area contributed by atoms with E-state index in [-0.39, 0.29) is 4.60 Å². The molecule has 1 aromatic heterocycles. The van der Waals surface area contributed by atoms with Crippen LogP contribution in [0.5, 0.6) is 0 Å². The molecule has 0 aliphatic carbocycles.